The molecule has 0 aliphatic heterocycles. The largest absolute Gasteiger partial charge is 0.261 e. The van der Waals surface area contributed by atoms with E-state index in [1.165, 1.54) is 24.1 Å². The molecule has 0 bridgehead atoms. The van der Waals surface area contributed by atoms with E-state index in [9.17, 15) is 0 Å². The van der Waals surface area contributed by atoms with Gasteiger partial charge in [0.05, 0.1) is 0 Å². The van der Waals surface area contributed by atoms with Crippen LogP contribution in [0.5, 0.6) is 0 Å². The maximum absolute atomic E-state index is 4.31. The topological polar surface area (TPSA) is 12.9 Å². The van der Waals surface area contributed by atoms with Crippen molar-refractivity contribution < 1.29 is 0 Å². The summed E-state index contributed by atoms with van der Waals surface area (Å²) in [6, 6.07) is 6.08. The molecule has 0 saturated heterocycles. The van der Waals surface area contributed by atoms with Crippen molar-refractivity contribution in [2.24, 2.45) is 0 Å². The molecule has 1 aliphatic rings. The molecule has 13 heavy (non-hydrogen) atoms. The lowest BCUT2D eigenvalue weighted by Crippen LogP contribution is -1.94. The molecular formula is C12H13N. The minimum absolute atomic E-state index is 1.01. The van der Waals surface area contributed by atoms with E-state index in [1.54, 1.807) is 0 Å². The molecule has 1 aromatic rings. The van der Waals surface area contributed by atoms with E-state index in [0.29, 0.717) is 0 Å². The van der Waals surface area contributed by atoms with Gasteiger partial charge >= 0.3 is 0 Å². The van der Waals surface area contributed by atoms with Crippen LogP contribution in [-0.4, -0.2) is 4.98 Å². The summed E-state index contributed by atoms with van der Waals surface area (Å²) >= 11 is 0. The quantitative estimate of drug-likeness (QED) is 0.666. The molecular weight excluding hydrogens is 158 g/mol. The summed E-state index contributed by atoms with van der Waals surface area (Å²) in [4.78, 5) is 4.31. The van der Waals surface area contributed by atoms with Crippen molar-refractivity contribution >= 4 is 0 Å². The van der Waals surface area contributed by atoms with Gasteiger partial charge in [-0.2, -0.15) is 0 Å². The molecule has 1 heterocycles. The van der Waals surface area contributed by atoms with Crippen LogP contribution in [0, 0.1) is 0 Å². The Morgan fingerprint density at radius 2 is 2.31 bits per heavy atom. The number of allylic oxidation sites excluding steroid dienone is 4. The van der Waals surface area contributed by atoms with Crippen molar-refractivity contribution in [3.8, 4) is 0 Å². The van der Waals surface area contributed by atoms with Crippen LogP contribution in [0.4, 0.5) is 0 Å². The highest BCUT2D eigenvalue weighted by Gasteiger charge is 2.01. The fourth-order valence-corrected chi connectivity index (χ4v) is 1.54. The number of aromatic nitrogens is 1. The van der Waals surface area contributed by atoms with E-state index in [0.717, 1.165) is 6.42 Å². The summed E-state index contributed by atoms with van der Waals surface area (Å²) in [6.07, 6.45) is 11.8. The van der Waals surface area contributed by atoms with Crippen molar-refractivity contribution in [2.45, 2.75) is 19.3 Å². The van der Waals surface area contributed by atoms with Gasteiger partial charge < -0.3 is 0 Å². The van der Waals surface area contributed by atoms with Crippen LogP contribution >= 0.6 is 0 Å². The molecule has 1 aromatic heterocycles. The first kappa shape index (κ1) is 8.24. The highest BCUT2D eigenvalue weighted by atomic mass is 14.7. The molecule has 1 heteroatoms. The van der Waals surface area contributed by atoms with Crippen LogP contribution in [0.1, 0.15) is 18.5 Å². The molecule has 66 valence electrons. The van der Waals surface area contributed by atoms with Gasteiger partial charge in [-0.05, 0) is 25.0 Å². The van der Waals surface area contributed by atoms with Gasteiger partial charge in [0.15, 0.2) is 0 Å². The summed E-state index contributed by atoms with van der Waals surface area (Å²) in [5.41, 5.74) is 2.66. The third kappa shape index (κ3) is 2.28. The average molecular weight is 171 g/mol. The van der Waals surface area contributed by atoms with Gasteiger partial charge in [0.1, 0.15) is 0 Å². The minimum atomic E-state index is 1.01. The Bertz CT molecular complexity index is 322. The van der Waals surface area contributed by atoms with Gasteiger partial charge in [0.25, 0.3) is 0 Å². The maximum atomic E-state index is 4.31. The van der Waals surface area contributed by atoms with Crippen LogP contribution in [0.25, 0.3) is 0 Å². The average Bonchev–Trinajstić information content (AvgIpc) is 2.21. The predicted molar refractivity (Wildman–Crippen MR) is 54.4 cm³/mol. The zero-order chi connectivity index (χ0) is 8.93. The van der Waals surface area contributed by atoms with Gasteiger partial charge in [0, 0.05) is 18.3 Å². The summed E-state index contributed by atoms with van der Waals surface area (Å²) < 4.78 is 0. The summed E-state index contributed by atoms with van der Waals surface area (Å²) in [5, 5.41) is 0. The van der Waals surface area contributed by atoms with Crippen molar-refractivity contribution in [3.05, 3.63) is 53.9 Å². The van der Waals surface area contributed by atoms with Crippen molar-refractivity contribution in [2.75, 3.05) is 0 Å². The van der Waals surface area contributed by atoms with E-state index in [4.69, 9.17) is 0 Å². The Morgan fingerprint density at radius 1 is 1.31 bits per heavy atom. The Balaban J connectivity index is 2.06. The lowest BCUT2D eigenvalue weighted by Gasteiger charge is -2.07. The zero-order valence-electron chi connectivity index (χ0n) is 7.61. The van der Waals surface area contributed by atoms with Crippen molar-refractivity contribution in [1.29, 1.82) is 0 Å². The molecule has 0 radical (unpaired) electrons. The molecule has 0 N–H and O–H groups in total. The highest BCUT2D eigenvalue weighted by molar-refractivity contribution is 5.22. The van der Waals surface area contributed by atoms with E-state index in [-0.39, 0.29) is 0 Å². The second-order valence-electron chi connectivity index (χ2n) is 3.29. The molecule has 0 spiro atoms. The fraction of sp³-hybridized carbons (Fsp3) is 0.250. The predicted octanol–water partition coefficient (Wildman–Crippen LogP) is 2.90. The van der Waals surface area contributed by atoms with Gasteiger partial charge in [-0.25, -0.2) is 0 Å². The lowest BCUT2D eigenvalue weighted by molar-refractivity contribution is 0.893. The van der Waals surface area contributed by atoms with E-state index in [2.05, 4.69) is 29.3 Å². The molecule has 0 aromatic carbocycles. The number of hydrogen-bond donors (Lipinski definition) is 0. The number of nitrogens with zero attached hydrogens (tertiary/aromatic N) is 1. The number of hydrogen-bond acceptors (Lipinski definition) is 1. The third-order valence-corrected chi connectivity index (χ3v) is 2.23. The minimum Gasteiger partial charge on any atom is -0.261 e. The lowest BCUT2D eigenvalue weighted by atomic mass is 10.0. The molecule has 1 aliphatic carbocycles. The van der Waals surface area contributed by atoms with Crippen LogP contribution < -0.4 is 0 Å². The molecule has 0 amide bonds. The molecule has 2 rings (SSSR count). The Labute approximate surface area is 78.8 Å². The fourth-order valence-electron chi connectivity index (χ4n) is 1.54. The summed E-state index contributed by atoms with van der Waals surface area (Å²) in [5.74, 6) is 0. The maximum Gasteiger partial charge on any atom is 0.0444 e. The SMILES string of the molecule is C1=CCCC(Cc2ccccn2)=C1. The van der Waals surface area contributed by atoms with Crippen molar-refractivity contribution in [1.82, 2.24) is 4.98 Å². The second-order valence-corrected chi connectivity index (χ2v) is 3.29. The standard InChI is InChI=1S/C12H13N/c1-2-6-11(7-3-1)10-12-8-4-5-9-13-12/h1-2,4-6,8-9H,3,7,10H2. The molecule has 0 fully saturated rings. The van der Waals surface area contributed by atoms with Crippen LogP contribution in [0.3, 0.4) is 0 Å². The van der Waals surface area contributed by atoms with Gasteiger partial charge in [-0.15, -0.1) is 0 Å². The van der Waals surface area contributed by atoms with E-state index >= 15 is 0 Å². The van der Waals surface area contributed by atoms with Crippen LogP contribution in [0.2, 0.25) is 0 Å². The van der Waals surface area contributed by atoms with Gasteiger partial charge in [-0.3, -0.25) is 4.98 Å². The third-order valence-electron chi connectivity index (χ3n) is 2.23. The summed E-state index contributed by atoms with van der Waals surface area (Å²) in [7, 11) is 0. The Morgan fingerprint density at radius 3 is 3.00 bits per heavy atom. The van der Waals surface area contributed by atoms with Crippen LogP contribution in [0.15, 0.2) is 48.2 Å². The molecule has 1 nitrogen and oxygen atoms in total. The normalized spacial score (nSPS) is 15.5. The first-order valence-corrected chi connectivity index (χ1v) is 4.69. The first-order valence-electron chi connectivity index (χ1n) is 4.69. The first-order chi connectivity index (χ1) is 6.45. The zero-order valence-corrected chi connectivity index (χ0v) is 7.61. The van der Waals surface area contributed by atoms with E-state index in [1.807, 2.05) is 18.3 Å². The monoisotopic (exact) mass is 171 g/mol. The Hall–Kier alpha value is -1.37. The van der Waals surface area contributed by atoms with Crippen molar-refractivity contribution in [3.63, 3.8) is 0 Å². The summed E-state index contributed by atoms with van der Waals surface area (Å²) in [6.45, 7) is 0. The van der Waals surface area contributed by atoms with E-state index < -0.39 is 0 Å². The smallest absolute Gasteiger partial charge is 0.0444 e. The molecule has 0 saturated carbocycles. The Kier molecular flexibility index (Phi) is 2.56. The number of rotatable bonds is 2. The van der Waals surface area contributed by atoms with Gasteiger partial charge in [0.2, 0.25) is 0 Å². The van der Waals surface area contributed by atoms with Gasteiger partial charge in [-0.1, -0.05) is 29.9 Å². The van der Waals surface area contributed by atoms with Crippen LogP contribution in [-0.2, 0) is 6.42 Å². The number of pyridine rings is 1. The molecule has 0 atom stereocenters. The highest BCUT2D eigenvalue weighted by Crippen LogP contribution is 2.15. The molecule has 0 unspecified atom stereocenters. The second kappa shape index (κ2) is 4.04.